The van der Waals surface area contributed by atoms with Gasteiger partial charge in [-0.25, -0.2) is 0 Å². The zero-order valence-electron chi connectivity index (χ0n) is 8.13. The van der Waals surface area contributed by atoms with E-state index < -0.39 is 0 Å². The van der Waals surface area contributed by atoms with E-state index in [0.717, 1.165) is 6.54 Å². The van der Waals surface area contributed by atoms with Crippen LogP contribution in [-0.4, -0.2) is 23.5 Å². The predicted molar refractivity (Wildman–Crippen MR) is 47.7 cm³/mol. The van der Waals surface area contributed by atoms with Gasteiger partial charge in [-0.2, -0.15) is 0 Å². The van der Waals surface area contributed by atoms with Crippen LogP contribution in [0.4, 0.5) is 9.41 Å². The van der Waals surface area contributed by atoms with Gasteiger partial charge in [0.15, 0.2) is 0 Å². The smallest absolute Gasteiger partial charge is 0.00411 e. The van der Waals surface area contributed by atoms with Crippen LogP contribution in [0.15, 0.2) is 0 Å². The highest BCUT2D eigenvalue weighted by Gasteiger charge is 2.08. The second-order valence-electron chi connectivity index (χ2n) is 3.02. The van der Waals surface area contributed by atoms with E-state index in [4.69, 9.17) is 0 Å². The normalized spacial score (nSPS) is 9.82. The summed E-state index contributed by atoms with van der Waals surface area (Å²) >= 11 is 0. The molecule has 0 bridgehead atoms. The maximum Gasteiger partial charge on any atom is 0.00411 e. The lowest BCUT2D eigenvalue weighted by Gasteiger charge is -2.28. The van der Waals surface area contributed by atoms with E-state index in [1.807, 2.05) is 0 Å². The summed E-state index contributed by atoms with van der Waals surface area (Å²) in [5.41, 5.74) is 0. The molecule has 0 aliphatic rings. The van der Waals surface area contributed by atoms with Crippen molar-refractivity contribution in [2.24, 2.45) is 0 Å². The Hall–Kier alpha value is -0.180. The maximum atomic E-state index is 2.46. The van der Waals surface area contributed by atoms with Crippen molar-refractivity contribution in [2.45, 2.75) is 46.7 Å². The highest BCUT2D eigenvalue weighted by Crippen LogP contribution is 2.02. The van der Waals surface area contributed by atoms with E-state index >= 15 is 0 Å². The first-order chi connectivity index (χ1) is 4.09. The molecule has 0 spiro atoms. The summed E-state index contributed by atoms with van der Waals surface area (Å²) in [6, 6.07) is 1.38. The fourth-order valence-electron chi connectivity index (χ4n) is 1.33. The second kappa shape index (κ2) is 7.92. The topological polar surface area (TPSA) is 3.24 Å². The van der Waals surface area contributed by atoms with E-state index in [2.05, 4.69) is 39.5 Å². The van der Waals surface area contributed by atoms with E-state index in [1.165, 1.54) is 0 Å². The maximum absolute atomic E-state index is 2.46. The van der Waals surface area contributed by atoms with Gasteiger partial charge in [-0.05, 0) is 34.2 Å². The Bertz CT molecular complexity index is 66.5. The minimum absolute atomic E-state index is 0. The molecule has 0 radical (unpaired) electrons. The Balaban J connectivity index is -0.000000320. The molecule has 0 aliphatic carbocycles. The average molecular weight is 169 g/mol. The third-order valence-electron chi connectivity index (χ3n) is 1.69. The molecular formula is C8H21F2N. The lowest BCUT2D eigenvalue weighted by molar-refractivity contribution is 0.185. The monoisotopic (exact) mass is 169 g/mol. The van der Waals surface area contributed by atoms with Gasteiger partial charge in [0.1, 0.15) is 0 Å². The Kier molecular flexibility index (Phi) is 12.3. The van der Waals surface area contributed by atoms with Crippen LogP contribution in [-0.2, 0) is 0 Å². The van der Waals surface area contributed by atoms with Gasteiger partial charge in [0.2, 0.25) is 0 Å². The Morgan fingerprint density at radius 3 is 1.18 bits per heavy atom. The van der Waals surface area contributed by atoms with Crippen LogP contribution in [0.25, 0.3) is 0 Å². The lowest BCUT2D eigenvalue weighted by atomic mass is 10.2. The zero-order chi connectivity index (χ0) is 7.44. The van der Waals surface area contributed by atoms with Crippen LogP contribution < -0.4 is 0 Å². The molecule has 0 saturated carbocycles. The van der Waals surface area contributed by atoms with Gasteiger partial charge in [0.05, 0.1) is 0 Å². The highest BCUT2D eigenvalue weighted by atomic mass is 19.0. The standard InChI is InChI=1S/C8H19N.2FH/c1-6-9(7(2)3)8(4)5;;/h7-8H,6H2,1-5H3;2*1H. The molecular weight excluding hydrogens is 148 g/mol. The van der Waals surface area contributed by atoms with E-state index in [-0.39, 0.29) is 9.41 Å². The number of hydrogen-bond acceptors (Lipinski definition) is 1. The van der Waals surface area contributed by atoms with Crippen molar-refractivity contribution in [2.75, 3.05) is 6.54 Å². The Morgan fingerprint density at radius 2 is 1.18 bits per heavy atom. The van der Waals surface area contributed by atoms with Gasteiger partial charge in [0.25, 0.3) is 0 Å². The Morgan fingerprint density at radius 1 is 0.909 bits per heavy atom. The summed E-state index contributed by atoms with van der Waals surface area (Å²) < 4.78 is 0. The predicted octanol–water partition coefficient (Wildman–Crippen LogP) is 2.43. The molecule has 1 nitrogen and oxygen atoms in total. The molecule has 3 heteroatoms. The molecule has 72 valence electrons. The van der Waals surface area contributed by atoms with Crippen LogP contribution in [0.5, 0.6) is 0 Å². The van der Waals surface area contributed by atoms with E-state index in [1.54, 1.807) is 0 Å². The van der Waals surface area contributed by atoms with Crippen molar-refractivity contribution in [1.82, 2.24) is 4.90 Å². The third kappa shape index (κ3) is 6.23. The largest absolute Gasteiger partial charge is 0.299 e. The third-order valence-corrected chi connectivity index (χ3v) is 1.69. The van der Waals surface area contributed by atoms with Gasteiger partial charge in [0, 0.05) is 12.1 Å². The molecule has 0 N–H and O–H groups in total. The molecule has 0 atom stereocenters. The summed E-state index contributed by atoms with van der Waals surface area (Å²) in [6.45, 7) is 12.3. The fourth-order valence-corrected chi connectivity index (χ4v) is 1.33. The molecule has 0 aromatic rings. The molecule has 0 aliphatic heterocycles. The van der Waals surface area contributed by atoms with Crippen LogP contribution in [0.1, 0.15) is 34.6 Å². The first-order valence-electron chi connectivity index (χ1n) is 3.85. The van der Waals surface area contributed by atoms with Crippen molar-refractivity contribution >= 4 is 0 Å². The van der Waals surface area contributed by atoms with Crippen molar-refractivity contribution < 1.29 is 9.41 Å². The molecule has 0 amide bonds. The summed E-state index contributed by atoms with van der Waals surface area (Å²) in [5.74, 6) is 0. The minimum atomic E-state index is 0. The van der Waals surface area contributed by atoms with Crippen LogP contribution >= 0.6 is 0 Å². The Labute approximate surface area is 68.5 Å². The number of nitrogens with zero attached hydrogens (tertiary/aromatic N) is 1. The second-order valence-corrected chi connectivity index (χ2v) is 3.02. The summed E-state index contributed by atoms with van der Waals surface area (Å²) in [7, 11) is 0. The van der Waals surface area contributed by atoms with Crippen LogP contribution in [0.3, 0.4) is 0 Å². The highest BCUT2D eigenvalue weighted by molar-refractivity contribution is 4.64. The molecule has 0 heterocycles. The quantitative estimate of drug-likeness (QED) is 0.627. The molecule has 0 aromatic heterocycles. The van der Waals surface area contributed by atoms with Crippen LogP contribution in [0.2, 0.25) is 0 Å². The number of rotatable bonds is 3. The molecule has 0 fully saturated rings. The van der Waals surface area contributed by atoms with Gasteiger partial charge in [-0.3, -0.25) is 14.3 Å². The molecule has 0 saturated heterocycles. The molecule has 0 aromatic carbocycles. The van der Waals surface area contributed by atoms with E-state index in [0.29, 0.717) is 12.1 Å². The first-order valence-corrected chi connectivity index (χ1v) is 3.85. The minimum Gasteiger partial charge on any atom is -0.299 e. The van der Waals surface area contributed by atoms with Crippen molar-refractivity contribution in [3.8, 4) is 0 Å². The molecule has 11 heavy (non-hydrogen) atoms. The number of hydrogen-bond donors (Lipinski definition) is 0. The van der Waals surface area contributed by atoms with Gasteiger partial charge >= 0.3 is 0 Å². The summed E-state index contributed by atoms with van der Waals surface area (Å²) in [6.07, 6.45) is 0. The van der Waals surface area contributed by atoms with Gasteiger partial charge in [-0.15, -0.1) is 0 Å². The zero-order valence-corrected chi connectivity index (χ0v) is 8.13. The molecule has 0 rings (SSSR count). The number of halogens is 2. The summed E-state index contributed by atoms with van der Waals surface area (Å²) in [4.78, 5) is 2.46. The SMILES string of the molecule is CCN(C(C)C)C(C)C.F.F. The van der Waals surface area contributed by atoms with Gasteiger partial charge in [-0.1, -0.05) is 6.92 Å². The lowest BCUT2D eigenvalue weighted by Crippen LogP contribution is -2.36. The average Bonchev–Trinajstić information content (AvgIpc) is 1.64. The summed E-state index contributed by atoms with van der Waals surface area (Å²) in [5, 5.41) is 0. The van der Waals surface area contributed by atoms with Crippen LogP contribution in [0, 0.1) is 0 Å². The van der Waals surface area contributed by atoms with Crippen molar-refractivity contribution in [3.05, 3.63) is 0 Å². The van der Waals surface area contributed by atoms with Crippen molar-refractivity contribution in [3.63, 3.8) is 0 Å². The fraction of sp³-hybridized carbons (Fsp3) is 1.00. The van der Waals surface area contributed by atoms with E-state index in [9.17, 15) is 0 Å². The van der Waals surface area contributed by atoms with Gasteiger partial charge < -0.3 is 0 Å². The van der Waals surface area contributed by atoms with Crippen molar-refractivity contribution in [1.29, 1.82) is 0 Å². The molecule has 0 unspecified atom stereocenters. The first kappa shape index (κ1) is 17.1.